The van der Waals surface area contributed by atoms with Gasteiger partial charge in [0.25, 0.3) is 0 Å². The fraction of sp³-hybridized carbons (Fsp3) is 0.857. The predicted molar refractivity (Wildman–Crippen MR) is 79.2 cm³/mol. The molecule has 0 aromatic rings. The second-order valence-electron chi connectivity index (χ2n) is 6.02. The zero-order chi connectivity index (χ0) is 15.3. The van der Waals surface area contributed by atoms with E-state index in [9.17, 15) is 4.79 Å². The van der Waals surface area contributed by atoms with Crippen LogP contribution < -0.4 is 11.1 Å². The first-order valence-corrected chi connectivity index (χ1v) is 7.64. The van der Waals surface area contributed by atoms with E-state index in [2.05, 4.69) is 22.4 Å². The number of likely N-dealkylation sites (N-methyl/N-ethyl adjacent to an activating group) is 1. The number of carbonyl (C=O) groups is 1. The van der Waals surface area contributed by atoms with Gasteiger partial charge in [0.1, 0.15) is 5.41 Å². The van der Waals surface area contributed by atoms with Crippen LogP contribution in [0.1, 0.15) is 32.1 Å². The molecule has 0 aromatic carbocycles. The zero-order valence-electron chi connectivity index (χ0n) is 12.7. The summed E-state index contributed by atoms with van der Waals surface area (Å²) in [5, 5.41) is 15.1. The molecule has 0 aromatic heterocycles. The number of oxime groups is 1. The van der Waals surface area contributed by atoms with Gasteiger partial charge in [-0.2, -0.15) is 0 Å². The molecule has 2 heterocycles. The topological polar surface area (TPSA) is 100 Å². The highest BCUT2D eigenvalue weighted by atomic mass is 16.5. The molecule has 1 unspecified atom stereocenters. The molecular formula is C14H26N4O3. The average molecular weight is 298 g/mol. The van der Waals surface area contributed by atoms with E-state index in [4.69, 9.17) is 15.7 Å². The second-order valence-corrected chi connectivity index (χ2v) is 6.02. The van der Waals surface area contributed by atoms with Crippen molar-refractivity contribution in [3.05, 3.63) is 0 Å². The van der Waals surface area contributed by atoms with Crippen LogP contribution in [0.15, 0.2) is 5.16 Å². The van der Waals surface area contributed by atoms with Crippen molar-refractivity contribution in [2.45, 2.75) is 38.1 Å². The first kappa shape index (κ1) is 16.0. The Kier molecular flexibility index (Phi) is 5.41. The molecule has 2 aliphatic rings. The molecule has 1 atom stereocenters. The van der Waals surface area contributed by atoms with Gasteiger partial charge in [-0.15, -0.1) is 0 Å². The Morgan fingerprint density at radius 1 is 1.48 bits per heavy atom. The third-order valence-corrected chi connectivity index (χ3v) is 4.80. The monoisotopic (exact) mass is 298 g/mol. The third-order valence-electron chi connectivity index (χ3n) is 4.80. The Balaban J connectivity index is 1.98. The molecule has 1 amide bonds. The van der Waals surface area contributed by atoms with Crippen LogP contribution in [-0.4, -0.2) is 61.2 Å². The maximum absolute atomic E-state index is 12.6. The second kappa shape index (κ2) is 7.09. The zero-order valence-corrected chi connectivity index (χ0v) is 12.7. The number of rotatable bonds is 4. The summed E-state index contributed by atoms with van der Waals surface area (Å²) in [5.41, 5.74) is 4.86. The Morgan fingerprint density at radius 3 is 2.81 bits per heavy atom. The van der Waals surface area contributed by atoms with E-state index < -0.39 is 5.41 Å². The van der Waals surface area contributed by atoms with E-state index in [0.29, 0.717) is 38.6 Å². The first-order valence-electron chi connectivity index (χ1n) is 7.64. The average Bonchev–Trinajstić information content (AvgIpc) is 2.53. The molecule has 4 N–H and O–H groups in total. The third kappa shape index (κ3) is 3.47. The van der Waals surface area contributed by atoms with Gasteiger partial charge in [-0.1, -0.05) is 11.6 Å². The van der Waals surface area contributed by atoms with Crippen LogP contribution in [0.4, 0.5) is 0 Å². The van der Waals surface area contributed by atoms with Crippen molar-refractivity contribution >= 4 is 11.7 Å². The van der Waals surface area contributed by atoms with Gasteiger partial charge in [-0.3, -0.25) is 4.79 Å². The van der Waals surface area contributed by atoms with Gasteiger partial charge < -0.3 is 25.9 Å². The van der Waals surface area contributed by atoms with Crippen molar-refractivity contribution in [1.82, 2.24) is 10.2 Å². The number of hydrogen-bond acceptors (Lipinski definition) is 5. The predicted octanol–water partition coefficient (Wildman–Crippen LogP) is 0.130. The van der Waals surface area contributed by atoms with Crippen LogP contribution in [0.25, 0.3) is 0 Å². The maximum atomic E-state index is 12.6. The van der Waals surface area contributed by atoms with Crippen molar-refractivity contribution < 1.29 is 14.7 Å². The van der Waals surface area contributed by atoms with Crippen LogP contribution in [-0.2, 0) is 9.53 Å². The van der Waals surface area contributed by atoms with E-state index >= 15 is 0 Å². The SMILES string of the molecule is CN1CCCCC1CNC(=O)C1(C(N)=NO)CCOCC1. The number of nitrogens with zero attached hydrogens (tertiary/aromatic N) is 2. The normalized spacial score (nSPS) is 27.3. The number of amidine groups is 1. The number of carbonyl (C=O) groups excluding carboxylic acids is 1. The quantitative estimate of drug-likeness (QED) is 0.296. The molecule has 2 saturated heterocycles. The van der Waals surface area contributed by atoms with Crippen molar-refractivity contribution in [3.63, 3.8) is 0 Å². The molecule has 0 spiro atoms. The fourth-order valence-electron chi connectivity index (χ4n) is 3.20. The lowest BCUT2D eigenvalue weighted by Crippen LogP contribution is -2.55. The first-order chi connectivity index (χ1) is 10.1. The lowest BCUT2D eigenvalue weighted by atomic mass is 9.78. The van der Waals surface area contributed by atoms with Crippen LogP contribution in [0.2, 0.25) is 0 Å². The molecular weight excluding hydrogens is 272 g/mol. The lowest BCUT2D eigenvalue weighted by Gasteiger charge is -2.36. The number of nitrogens with two attached hydrogens (primary N) is 1. The van der Waals surface area contributed by atoms with Gasteiger partial charge in [0.2, 0.25) is 5.91 Å². The van der Waals surface area contributed by atoms with Gasteiger partial charge >= 0.3 is 0 Å². The van der Waals surface area contributed by atoms with Gasteiger partial charge in [0.15, 0.2) is 5.84 Å². The lowest BCUT2D eigenvalue weighted by molar-refractivity contribution is -0.132. The Morgan fingerprint density at radius 2 is 2.19 bits per heavy atom. The number of amides is 1. The molecule has 0 radical (unpaired) electrons. The van der Waals surface area contributed by atoms with Gasteiger partial charge in [0, 0.05) is 25.8 Å². The van der Waals surface area contributed by atoms with E-state index in [1.54, 1.807) is 0 Å². The summed E-state index contributed by atoms with van der Waals surface area (Å²) in [7, 11) is 2.09. The summed E-state index contributed by atoms with van der Waals surface area (Å²) in [6.07, 6.45) is 4.41. The number of ether oxygens (including phenoxy) is 1. The van der Waals surface area contributed by atoms with Crippen molar-refractivity contribution in [1.29, 1.82) is 0 Å². The highest BCUT2D eigenvalue weighted by Gasteiger charge is 2.44. The number of nitrogens with one attached hydrogen (secondary N) is 1. The van der Waals surface area contributed by atoms with Gasteiger partial charge in [-0.05, 0) is 39.3 Å². The maximum Gasteiger partial charge on any atom is 0.234 e. The number of hydrogen-bond donors (Lipinski definition) is 3. The molecule has 0 saturated carbocycles. The highest BCUT2D eigenvalue weighted by molar-refractivity contribution is 6.06. The van der Waals surface area contributed by atoms with Crippen LogP contribution >= 0.6 is 0 Å². The van der Waals surface area contributed by atoms with E-state index in [1.165, 1.54) is 12.8 Å². The Bertz CT molecular complexity index is 394. The summed E-state index contributed by atoms with van der Waals surface area (Å²) >= 11 is 0. The Labute approximate surface area is 125 Å². The van der Waals surface area contributed by atoms with Crippen molar-refractivity contribution in [2.24, 2.45) is 16.3 Å². The molecule has 0 aliphatic carbocycles. The van der Waals surface area contributed by atoms with Crippen molar-refractivity contribution in [2.75, 3.05) is 33.4 Å². The number of likely N-dealkylation sites (tertiary alicyclic amines) is 1. The molecule has 7 nitrogen and oxygen atoms in total. The van der Waals surface area contributed by atoms with Crippen LogP contribution in [0, 0.1) is 5.41 Å². The molecule has 120 valence electrons. The molecule has 7 heteroatoms. The Hall–Kier alpha value is -1.34. The number of piperidine rings is 1. The minimum atomic E-state index is -0.930. The fourth-order valence-corrected chi connectivity index (χ4v) is 3.20. The van der Waals surface area contributed by atoms with Crippen LogP contribution in [0.5, 0.6) is 0 Å². The standard InChI is InChI=1S/C14H26N4O3/c1-18-7-3-2-4-11(18)10-16-13(19)14(12(15)17-20)5-8-21-9-6-14/h11,20H,2-10H2,1H3,(H2,15,17)(H,16,19). The minimum Gasteiger partial charge on any atom is -0.409 e. The van der Waals surface area contributed by atoms with Gasteiger partial charge in [0.05, 0.1) is 0 Å². The van der Waals surface area contributed by atoms with Crippen molar-refractivity contribution in [3.8, 4) is 0 Å². The summed E-state index contributed by atoms with van der Waals surface area (Å²) in [6.45, 7) is 2.58. The minimum absolute atomic E-state index is 0.0136. The van der Waals surface area contributed by atoms with E-state index in [1.807, 2.05) is 0 Å². The summed E-state index contributed by atoms with van der Waals surface area (Å²) in [6, 6.07) is 0.367. The molecule has 21 heavy (non-hydrogen) atoms. The highest BCUT2D eigenvalue weighted by Crippen LogP contribution is 2.31. The smallest absolute Gasteiger partial charge is 0.234 e. The van der Waals surface area contributed by atoms with Crippen LogP contribution in [0.3, 0.4) is 0 Å². The molecule has 2 fully saturated rings. The van der Waals surface area contributed by atoms with E-state index in [-0.39, 0.29) is 11.7 Å². The molecule has 2 rings (SSSR count). The molecule has 0 bridgehead atoms. The van der Waals surface area contributed by atoms with E-state index in [0.717, 1.165) is 13.0 Å². The molecule has 2 aliphatic heterocycles. The summed E-state index contributed by atoms with van der Waals surface area (Å²) in [5.74, 6) is -0.166. The van der Waals surface area contributed by atoms with Gasteiger partial charge in [-0.25, -0.2) is 0 Å². The summed E-state index contributed by atoms with van der Waals surface area (Å²) in [4.78, 5) is 14.9. The largest absolute Gasteiger partial charge is 0.409 e. The summed E-state index contributed by atoms with van der Waals surface area (Å²) < 4.78 is 5.30.